The zero-order valence-electron chi connectivity index (χ0n) is 8.46. The number of carbonyl (C=O) groups excluding carboxylic acids is 1. The lowest BCUT2D eigenvalue weighted by molar-refractivity contribution is -0.109. The molecule has 0 amide bonds. The standard InChI is InChI=1S/C9H13N3O2S/c1-6(14)15-9-3-2-8(9)12-4-7(5-13)10-11-12/h4,8-9,13H,2-3,5H2,1H3. The van der Waals surface area contributed by atoms with Crippen molar-refractivity contribution < 1.29 is 9.90 Å². The van der Waals surface area contributed by atoms with E-state index < -0.39 is 0 Å². The molecule has 6 heteroatoms. The topological polar surface area (TPSA) is 68.0 Å². The van der Waals surface area contributed by atoms with Gasteiger partial charge in [-0.05, 0) is 12.8 Å². The average Bonchev–Trinajstić information content (AvgIpc) is 2.61. The van der Waals surface area contributed by atoms with Crippen molar-refractivity contribution in [1.29, 1.82) is 0 Å². The lowest BCUT2D eigenvalue weighted by Gasteiger charge is -2.34. The number of aromatic nitrogens is 3. The molecule has 0 aromatic carbocycles. The van der Waals surface area contributed by atoms with Crippen LogP contribution in [0.2, 0.25) is 0 Å². The second kappa shape index (κ2) is 4.32. The minimum Gasteiger partial charge on any atom is -0.390 e. The lowest BCUT2D eigenvalue weighted by Crippen LogP contribution is -2.32. The van der Waals surface area contributed by atoms with E-state index in [0.717, 1.165) is 12.8 Å². The summed E-state index contributed by atoms with van der Waals surface area (Å²) in [5.74, 6) is 0. The molecule has 1 aliphatic rings. The van der Waals surface area contributed by atoms with Crippen molar-refractivity contribution in [3.05, 3.63) is 11.9 Å². The van der Waals surface area contributed by atoms with Gasteiger partial charge in [0.2, 0.25) is 0 Å². The number of aliphatic hydroxyl groups is 1. The number of rotatable bonds is 3. The summed E-state index contributed by atoms with van der Waals surface area (Å²) in [6.07, 6.45) is 3.82. The Labute approximate surface area is 91.9 Å². The number of nitrogens with zero attached hydrogens (tertiary/aromatic N) is 3. The van der Waals surface area contributed by atoms with Crippen molar-refractivity contribution in [2.24, 2.45) is 0 Å². The molecule has 1 saturated carbocycles. The van der Waals surface area contributed by atoms with Crippen LogP contribution in [0.25, 0.3) is 0 Å². The predicted molar refractivity (Wildman–Crippen MR) is 56.3 cm³/mol. The molecule has 1 aromatic rings. The minimum atomic E-state index is -0.0861. The van der Waals surface area contributed by atoms with E-state index in [0.29, 0.717) is 10.9 Å². The van der Waals surface area contributed by atoms with Gasteiger partial charge in [0, 0.05) is 12.2 Å². The molecule has 0 saturated heterocycles. The Morgan fingerprint density at radius 1 is 1.73 bits per heavy atom. The highest BCUT2D eigenvalue weighted by Crippen LogP contribution is 2.40. The third kappa shape index (κ3) is 2.21. The zero-order chi connectivity index (χ0) is 10.8. The summed E-state index contributed by atoms with van der Waals surface area (Å²) in [6, 6.07) is 0.256. The van der Waals surface area contributed by atoms with Gasteiger partial charge in [-0.2, -0.15) is 0 Å². The molecule has 82 valence electrons. The Hall–Kier alpha value is -0.880. The highest BCUT2D eigenvalue weighted by molar-refractivity contribution is 8.14. The fourth-order valence-corrected chi connectivity index (χ4v) is 2.75. The van der Waals surface area contributed by atoms with Gasteiger partial charge >= 0.3 is 0 Å². The van der Waals surface area contributed by atoms with Crippen molar-refractivity contribution in [3.8, 4) is 0 Å². The van der Waals surface area contributed by atoms with Crippen molar-refractivity contribution in [2.75, 3.05) is 0 Å². The van der Waals surface area contributed by atoms with Gasteiger partial charge in [-0.3, -0.25) is 4.79 Å². The van der Waals surface area contributed by atoms with E-state index in [4.69, 9.17) is 5.11 Å². The van der Waals surface area contributed by atoms with Gasteiger partial charge in [0.15, 0.2) is 5.12 Å². The fraction of sp³-hybridized carbons (Fsp3) is 0.667. The zero-order valence-corrected chi connectivity index (χ0v) is 9.28. The van der Waals surface area contributed by atoms with E-state index in [1.807, 2.05) is 0 Å². The maximum absolute atomic E-state index is 11.0. The van der Waals surface area contributed by atoms with Gasteiger partial charge in [0.1, 0.15) is 5.69 Å². The van der Waals surface area contributed by atoms with Crippen LogP contribution < -0.4 is 0 Å². The first-order valence-corrected chi connectivity index (χ1v) is 5.77. The number of hydrogen-bond acceptors (Lipinski definition) is 5. The molecule has 1 aromatic heterocycles. The molecule has 1 aliphatic carbocycles. The van der Waals surface area contributed by atoms with E-state index in [1.165, 1.54) is 11.8 Å². The van der Waals surface area contributed by atoms with Crippen molar-refractivity contribution >= 4 is 16.9 Å². The molecule has 15 heavy (non-hydrogen) atoms. The molecule has 1 N–H and O–H groups in total. The van der Waals surface area contributed by atoms with Gasteiger partial charge in [0.25, 0.3) is 0 Å². The third-order valence-corrected chi connectivity index (χ3v) is 3.74. The Kier molecular flexibility index (Phi) is 3.06. The molecule has 0 aliphatic heterocycles. The first kappa shape index (κ1) is 10.6. The van der Waals surface area contributed by atoms with Crippen LogP contribution >= 0.6 is 11.8 Å². The van der Waals surface area contributed by atoms with Crippen LogP contribution in [0, 0.1) is 0 Å². The van der Waals surface area contributed by atoms with Gasteiger partial charge in [-0.25, -0.2) is 4.68 Å². The Bertz CT molecular complexity index is 366. The Morgan fingerprint density at radius 2 is 2.53 bits per heavy atom. The summed E-state index contributed by atoms with van der Waals surface area (Å²) in [4.78, 5) is 11.0. The smallest absolute Gasteiger partial charge is 0.186 e. The molecule has 0 spiro atoms. The molecular weight excluding hydrogens is 214 g/mol. The SMILES string of the molecule is CC(=O)SC1CCC1n1cc(CO)nn1. The van der Waals surface area contributed by atoms with Crippen molar-refractivity contribution in [3.63, 3.8) is 0 Å². The summed E-state index contributed by atoms with van der Waals surface area (Å²) in [7, 11) is 0. The van der Waals surface area contributed by atoms with Gasteiger partial charge in [-0.15, -0.1) is 5.10 Å². The fourth-order valence-electron chi connectivity index (χ4n) is 1.65. The number of aliphatic hydroxyl groups excluding tert-OH is 1. The minimum absolute atomic E-state index is 0.0861. The summed E-state index contributed by atoms with van der Waals surface area (Å²) < 4.78 is 1.76. The predicted octanol–water partition coefficient (Wildman–Crippen LogP) is 0.754. The van der Waals surface area contributed by atoms with E-state index >= 15 is 0 Å². The normalized spacial score (nSPS) is 24.9. The summed E-state index contributed by atoms with van der Waals surface area (Å²) in [5, 5.41) is 17.1. The highest BCUT2D eigenvalue weighted by Gasteiger charge is 2.34. The molecule has 0 radical (unpaired) electrons. The molecule has 2 atom stereocenters. The number of thioether (sulfide) groups is 1. The summed E-state index contributed by atoms with van der Waals surface area (Å²) in [5.41, 5.74) is 0.577. The molecule has 1 heterocycles. The first-order valence-electron chi connectivity index (χ1n) is 4.89. The Balaban J connectivity index is 2.01. The van der Waals surface area contributed by atoms with Crippen LogP contribution in [0.5, 0.6) is 0 Å². The Morgan fingerprint density at radius 3 is 3.00 bits per heavy atom. The molecule has 2 rings (SSSR count). The first-order chi connectivity index (χ1) is 7.20. The van der Waals surface area contributed by atoms with Crippen LogP contribution in [0.4, 0.5) is 0 Å². The van der Waals surface area contributed by atoms with E-state index in [2.05, 4.69) is 10.3 Å². The summed E-state index contributed by atoms with van der Waals surface area (Å²) >= 11 is 1.37. The quantitative estimate of drug-likeness (QED) is 0.825. The maximum atomic E-state index is 11.0. The lowest BCUT2D eigenvalue weighted by atomic mass is 9.92. The van der Waals surface area contributed by atoms with Gasteiger partial charge < -0.3 is 5.11 Å². The van der Waals surface area contributed by atoms with Crippen LogP contribution in [-0.4, -0.2) is 30.5 Å². The van der Waals surface area contributed by atoms with E-state index in [9.17, 15) is 4.79 Å². The average molecular weight is 227 g/mol. The van der Waals surface area contributed by atoms with E-state index in [-0.39, 0.29) is 17.8 Å². The van der Waals surface area contributed by atoms with Crippen LogP contribution in [0.3, 0.4) is 0 Å². The second-order valence-corrected chi connectivity index (χ2v) is 5.06. The number of hydrogen-bond donors (Lipinski definition) is 1. The van der Waals surface area contributed by atoms with Crippen LogP contribution in [0.15, 0.2) is 6.20 Å². The van der Waals surface area contributed by atoms with Gasteiger partial charge in [-0.1, -0.05) is 17.0 Å². The molecular formula is C9H13N3O2S. The maximum Gasteiger partial charge on any atom is 0.186 e. The monoisotopic (exact) mass is 227 g/mol. The third-order valence-electron chi connectivity index (χ3n) is 2.55. The molecule has 5 nitrogen and oxygen atoms in total. The van der Waals surface area contributed by atoms with E-state index in [1.54, 1.807) is 17.8 Å². The molecule has 2 unspecified atom stereocenters. The van der Waals surface area contributed by atoms with Crippen LogP contribution in [-0.2, 0) is 11.4 Å². The van der Waals surface area contributed by atoms with Crippen LogP contribution in [0.1, 0.15) is 31.5 Å². The summed E-state index contributed by atoms with van der Waals surface area (Å²) in [6.45, 7) is 1.50. The van der Waals surface area contributed by atoms with Crippen molar-refractivity contribution in [2.45, 2.75) is 37.7 Å². The largest absolute Gasteiger partial charge is 0.390 e. The second-order valence-electron chi connectivity index (χ2n) is 3.64. The highest BCUT2D eigenvalue weighted by atomic mass is 32.2. The van der Waals surface area contributed by atoms with Crippen molar-refractivity contribution in [1.82, 2.24) is 15.0 Å². The van der Waals surface area contributed by atoms with Gasteiger partial charge in [0.05, 0.1) is 18.8 Å². The molecule has 0 bridgehead atoms. The molecule has 1 fully saturated rings. The number of carbonyl (C=O) groups is 1.